The maximum absolute atomic E-state index is 12.5. The van der Waals surface area contributed by atoms with Crippen molar-refractivity contribution in [1.82, 2.24) is 14.3 Å². The molecule has 0 aromatic carbocycles. The summed E-state index contributed by atoms with van der Waals surface area (Å²) >= 11 is 3.37. The fourth-order valence-electron chi connectivity index (χ4n) is 3.03. The van der Waals surface area contributed by atoms with Crippen molar-refractivity contribution in [2.75, 3.05) is 17.7 Å². The Kier molecular flexibility index (Phi) is 7.99. The number of aromatic nitrogens is 2. The van der Waals surface area contributed by atoms with E-state index < -0.39 is 11.0 Å². The zero-order valence-corrected chi connectivity index (χ0v) is 19.5. The minimum absolute atomic E-state index is 0.105. The standard InChI is InChI=1S/C20H27N5OS3/c1-5-15-6-7-19(28-15)18(21-4)11-27-13-24-20-16-10-25(29(26)14(2)3)9-8-17(16)22-12-23-20/h6-7,11-12,14H,4-5,8-10,13H2,1-3H3,(H,22,23,24)/b18-11-. The Bertz CT molecular complexity index is 909. The van der Waals surface area contributed by atoms with E-state index in [2.05, 4.69) is 46.1 Å². The number of nitrogens with zero attached hydrogens (tertiary/aromatic N) is 4. The quantitative estimate of drug-likeness (QED) is 0.350. The third-order valence-electron chi connectivity index (χ3n) is 4.58. The number of thioether (sulfide) groups is 1. The number of nitrogens with one attached hydrogen (secondary N) is 1. The summed E-state index contributed by atoms with van der Waals surface area (Å²) in [7, 11) is -0.992. The number of fused-ring (bicyclic) bond motifs is 1. The monoisotopic (exact) mass is 449 g/mol. The van der Waals surface area contributed by atoms with E-state index in [0.29, 0.717) is 12.4 Å². The van der Waals surface area contributed by atoms with Gasteiger partial charge >= 0.3 is 0 Å². The van der Waals surface area contributed by atoms with E-state index in [0.717, 1.165) is 47.0 Å². The summed E-state index contributed by atoms with van der Waals surface area (Å²) in [5, 5.41) is 5.52. The van der Waals surface area contributed by atoms with Crippen molar-refractivity contribution in [3.63, 3.8) is 0 Å². The average Bonchev–Trinajstić information content (AvgIpc) is 3.22. The van der Waals surface area contributed by atoms with Gasteiger partial charge in [-0.3, -0.25) is 4.99 Å². The highest BCUT2D eigenvalue weighted by Gasteiger charge is 2.25. The number of aryl methyl sites for hydroxylation is 1. The van der Waals surface area contributed by atoms with E-state index >= 15 is 0 Å². The van der Waals surface area contributed by atoms with Gasteiger partial charge in [-0.05, 0) is 44.5 Å². The third-order valence-corrected chi connectivity index (χ3v) is 8.16. The summed E-state index contributed by atoms with van der Waals surface area (Å²) < 4.78 is 14.5. The predicted octanol–water partition coefficient (Wildman–Crippen LogP) is 4.33. The molecular formula is C20H27N5OS3. The summed E-state index contributed by atoms with van der Waals surface area (Å²) in [6.45, 7) is 11.2. The van der Waals surface area contributed by atoms with Gasteiger partial charge in [0.05, 0.1) is 33.1 Å². The highest BCUT2D eigenvalue weighted by atomic mass is 32.2. The van der Waals surface area contributed by atoms with Crippen LogP contribution in [0.4, 0.5) is 5.82 Å². The van der Waals surface area contributed by atoms with Crippen LogP contribution < -0.4 is 5.32 Å². The lowest BCUT2D eigenvalue weighted by atomic mass is 10.1. The molecule has 6 nitrogen and oxygen atoms in total. The van der Waals surface area contributed by atoms with E-state index in [-0.39, 0.29) is 5.25 Å². The number of rotatable bonds is 9. The van der Waals surface area contributed by atoms with Gasteiger partial charge in [0.2, 0.25) is 0 Å². The molecule has 0 spiro atoms. The number of hydrogen-bond acceptors (Lipinski definition) is 7. The van der Waals surface area contributed by atoms with Gasteiger partial charge in [0.1, 0.15) is 12.1 Å². The van der Waals surface area contributed by atoms with Crippen molar-refractivity contribution in [2.24, 2.45) is 4.99 Å². The average molecular weight is 450 g/mol. The van der Waals surface area contributed by atoms with Crippen LogP contribution in [0, 0.1) is 0 Å². The molecule has 0 saturated heterocycles. The van der Waals surface area contributed by atoms with E-state index in [1.165, 1.54) is 4.88 Å². The molecule has 3 heterocycles. The second kappa shape index (κ2) is 10.5. The molecule has 9 heteroatoms. The smallest absolute Gasteiger partial charge is 0.134 e. The molecule has 0 fully saturated rings. The maximum Gasteiger partial charge on any atom is 0.134 e. The van der Waals surface area contributed by atoms with Crippen LogP contribution in [0.1, 0.15) is 41.8 Å². The van der Waals surface area contributed by atoms with Crippen molar-refractivity contribution in [1.29, 1.82) is 0 Å². The summed E-state index contributed by atoms with van der Waals surface area (Å²) in [6.07, 6.45) is 3.42. The first kappa shape index (κ1) is 22.1. The summed E-state index contributed by atoms with van der Waals surface area (Å²) in [6, 6.07) is 4.24. The molecule has 156 valence electrons. The van der Waals surface area contributed by atoms with Crippen LogP contribution in [-0.2, 0) is 30.4 Å². The van der Waals surface area contributed by atoms with Gasteiger partial charge in [-0.2, -0.15) is 0 Å². The van der Waals surface area contributed by atoms with E-state index in [9.17, 15) is 4.21 Å². The minimum atomic E-state index is -0.992. The van der Waals surface area contributed by atoms with E-state index in [1.54, 1.807) is 29.4 Å². The van der Waals surface area contributed by atoms with Crippen LogP contribution in [0.5, 0.6) is 0 Å². The Hall–Kier alpha value is -1.55. The Morgan fingerprint density at radius 2 is 2.31 bits per heavy atom. The van der Waals surface area contributed by atoms with Crippen molar-refractivity contribution in [2.45, 2.75) is 45.4 Å². The first-order chi connectivity index (χ1) is 14.0. The zero-order valence-electron chi connectivity index (χ0n) is 17.1. The van der Waals surface area contributed by atoms with E-state index in [4.69, 9.17) is 0 Å². The van der Waals surface area contributed by atoms with Gasteiger partial charge in [0, 0.05) is 35.2 Å². The van der Waals surface area contributed by atoms with Gasteiger partial charge in [0.25, 0.3) is 0 Å². The molecule has 2 aromatic heterocycles. The van der Waals surface area contributed by atoms with Crippen LogP contribution in [0.25, 0.3) is 5.70 Å². The SMILES string of the molecule is C=N/C(=C\SCNc1ncnc2c1CN(S(=O)C(C)C)CC2)c1ccc(CC)s1. The fraction of sp³-hybridized carbons (Fsp3) is 0.450. The molecule has 0 saturated carbocycles. The highest BCUT2D eigenvalue weighted by molar-refractivity contribution is 8.02. The fourth-order valence-corrected chi connectivity index (χ4v) is 5.82. The largest absolute Gasteiger partial charge is 0.360 e. The van der Waals surface area contributed by atoms with Gasteiger partial charge in [-0.1, -0.05) is 6.92 Å². The molecule has 1 unspecified atom stereocenters. The van der Waals surface area contributed by atoms with Crippen LogP contribution >= 0.6 is 23.1 Å². The highest BCUT2D eigenvalue weighted by Crippen LogP contribution is 2.28. The first-order valence-electron chi connectivity index (χ1n) is 9.63. The van der Waals surface area contributed by atoms with Crippen LogP contribution in [0.15, 0.2) is 28.9 Å². The summed E-state index contributed by atoms with van der Waals surface area (Å²) in [5.41, 5.74) is 2.98. The molecule has 1 aliphatic heterocycles. The van der Waals surface area contributed by atoms with Gasteiger partial charge in [-0.15, -0.1) is 23.1 Å². The molecule has 0 bridgehead atoms. The number of aliphatic imine (C=N–C) groups is 1. The predicted molar refractivity (Wildman–Crippen MR) is 127 cm³/mol. The lowest BCUT2D eigenvalue weighted by Crippen LogP contribution is -2.36. The summed E-state index contributed by atoms with van der Waals surface area (Å²) in [5.74, 6) is 1.47. The zero-order chi connectivity index (χ0) is 20.8. The van der Waals surface area contributed by atoms with Crippen molar-refractivity contribution >= 4 is 52.3 Å². The first-order valence-corrected chi connectivity index (χ1v) is 12.7. The molecule has 3 rings (SSSR count). The minimum Gasteiger partial charge on any atom is -0.360 e. The lowest BCUT2D eigenvalue weighted by molar-refractivity contribution is 0.413. The van der Waals surface area contributed by atoms with Gasteiger partial charge in [0.15, 0.2) is 0 Å². The van der Waals surface area contributed by atoms with Crippen LogP contribution in [0.3, 0.4) is 0 Å². The molecule has 1 aliphatic rings. The van der Waals surface area contributed by atoms with Gasteiger partial charge in [-0.25, -0.2) is 18.5 Å². The molecule has 0 aliphatic carbocycles. The normalized spacial score (nSPS) is 15.9. The molecular weight excluding hydrogens is 422 g/mol. The Balaban J connectivity index is 1.64. The van der Waals surface area contributed by atoms with Crippen molar-refractivity contribution in [3.05, 3.63) is 44.9 Å². The molecule has 0 radical (unpaired) electrons. The lowest BCUT2D eigenvalue weighted by Gasteiger charge is -2.29. The second-order valence-corrected chi connectivity index (χ2v) is 10.9. The second-order valence-electron chi connectivity index (χ2n) is 6.85. The molecule has 2 aromatic rings. The topological polar surface area (TPSA) is 70.5 Å². The van der Waals surface area contributed by atoms with Crippen LogP contribution in [-0.4, -0.2) is 42.9 Å². The molecule has 29 heavy (non-hydrogen) atoms. The number of hydrogen-bond donors (Lipinski definition) is 1. The third kappa shape index (κ3) is 5.53. The Morgan fingerprint density at radius 3 is 3.00 bits per heavy atom. The van der Waals surface area contributed by atoms with Crippen LogP contribution in [0.2, 0.25) is 0 Å². The van der Waals surface area contributed by atoms with E-state index in [1.807, 2.05) is 23.6 Å². The van der Waals surface area contributed by atoms with Gasteiger partial charge < -0.3 is 5.32 Å². The van der Waals surface area contributed by atoms with Crippen molar-refractivity contribution < 1.29 is 4.21 Å². The maximum atomic E-state index is 12.5. The molecule has 1 atom stereocenters. The molecule has 1 N–H and O–H groups in total. The Morgan fingerprint density at radius 1 is 1.48 bits per heavy atom. The number of thiophene rings is 1. The summed E-state index contributed by atoms with van der Waals surface area (Å²) in [4.78, 5) is 15.5. The molecule has 0 amide bonds. The number of anilines is 1. The van der Waals surface area contributed by atoms with Crippen molar-refractivity contribution in [3.8, 4) is 0 Å². The Labute approximate surface area is 183 Å².